The first-order valence-electron chi connectivity index (χ1n) is 5.05. The largest absolute Gasteiger partial charge is 0.478 e. The predicted molar refractivity (Wildman–Crippen MR) is 71.9 cm³/mol. The highest BCUT2D eigenvalue weighted by molar-refractivity contribution is 9.10. The van der Waals surface area contributed by atoms with Crippen LogP contribution in [0.2, 0.25) is 0 Å². The second-order valence-corrected chi connectivity index (χ2v) is 6.15. The molecule has 0 saturated carbocycles. The fourth-order valence-electron chi connectivity index (χ4n) is 1.15. The number of hydrogen-bond acceptors (Lipinski definition) is 3. The molecule has 100 valence electrons. The molecular weight excluding hydrogens is 324 g/mol. The summed E-state index contributed by atoms with van der Waals surface area (Å²) in [5, 5.41) is 8.93. The van der Waals surface area contributed by atoms with Gasteiger partial charge in [0.1, 0.15) is 0 Å². The Bertz CT molecular complexity index is 559. The molecule has 0 radical (unpaired) electrons. The highest BCUT2D eigenvalue weighted by atomic mass is 79.9. The van der Waals surface area contributed by atoms with Crippen LogP contribution >= 0.6 is 15.9 Å². The molecule has 0 heterocycles. The van der Waals surface area contributed by atoms with Crippen LogP contribution in [0.1, 0.15) is 17.3 Å². The molecule has 0 amide bonds. The number of anilines is 1. The molecule has 0 unspecified atom stereocenters. The number of nitrogens with one attached hydrogen (secondary N) is 1. The van der Waals surface area contributed by atoms with E-state index in [1.807, 2.05) is 0 Å². The molecule has 1 aromatic rings. The quantitative estimate of drug-likeness (QED) is 0.857. The normalized spacial score (nSPS) is 11.6. The van der Waals surface area contributed by atoms with Crippen LogP contribution in [0.4, 0.5) is 5.69 Å². The lowest BCUT2D eigenvalue weighted by molar-refractivity contribution is 0.0696. The van der Waals surface area contributed by atoms with E-state index in [0.29, 0.717) is 11.0 Å². The van der Waals surface area contributed by atoms with Gasteiger partial charge in [-0.05, 0) is 34.1 Å². The third-order valence-electron chi connectivity index (χ3n) is 2.30. The molecule has 0 spiro atoms. The first kappa shape index (κ1) is 14.9. The average Bonchev–Trinajstić information content (AvgIpc) is 2.29. The van der Waals surface area contributed by atoms with Crippen molar-refractivity contribution >= 4 is 37.8 Å². The van der Waals surface area contributed by atoms with Crippen LogP contribution in [0, 0.1) is 0 Å². The molecule has 18 heavy (non-hydrogen) atoms. The lowest BCUT2D eigenvalue weighted by Crippen LogP contribution is -2.32. The summed E-state index contributed by atoms with van der Waals surface area (Å²) in [7, 11) is -2.21. The molecule has 0 atom stereocenters. The van der Waals surface area contributed by atoms with Crippen molar-refractivity contribution in [2.75, 3.05) is 18.3 Å². The van der Waals surface area contributed by atoms with Crippen molar-refractivity contribution in [3.05, 3.63) is 28.2 Å². The van der Waals surface area contributed by atoms with E-state index in [4.69, 9.17) is 5.11 Å². The molecule has 0 fully saturated rings. The highest BCUT2D eigenvalue weighted by Crippen LogP contribution is 2.22. The molecule has 0 bridgehead atoms. The molecule has 0 aliphatic carbocycles. The molecule has 8 heteroatoms. The molecule has 0 saturated heterocycles. The van der Waals surface area contributed by atoms with Crippen molar-refractivity contribution in [3.8, 4) is 0 Å². The van der Waals surface area contributed by atoms with Crippen LogP contribution in [-0.4, -0.2) is 37.4 Å². The van der Waals surface area contributed by atoms with E-state index in [1.165, 1.54) is 25.2 Å². The standard InChI is InChI=1S/C10H13BrN2O4S/c1-3-13(2)18(16,17)12-7-4-5-9(11)8(6-7)10(14)15/h4-6,12H,3H2,1-2H3,(H,14,15). The molecule has 1 aromatic carbocycles. The number of halogens is 1. The van der Waals surface area contributed by atoms with Crippen LogP contribution in [0.5, 0.6) is 0 Å². The Hall–Kier alpha value is -1.12. The monoisotopic (exact) mass is 336 g/mol. The van der Waals surface area contributed by atoms with E-state index in [2.05, 4.69) is 20.7 Å². The van der Waals surface area contributed by atoms with Crippen LogP contribution in [0.25, 0.3) is 0 Å². The topological polar surface area (TPSA) is 86.7 Å². The number of hydrogen-bond donors (Lipinski definition) is 2. The van der Waals surface area contributed by atoms with Crippen molar-refractivity contribution in [2.45, 2.75) is 6.92 Å². The lowest BCUT2D eigenvalue weighted by atomic mass is 10.2. The molecule has 6 nitrogen and oxygen atoms in total. The molecule has 0 aromatic heterocycles. The minimum Gasteiger partial charge on any atom is -0.478 e. The minimum absolute atomic E-state index is 0.00523. The lowest BCUT2D eigenvalue weighted by Gasteiger charge is -2.16. The van der Waals surface area contributed by atoms with Crippen LogP contribution < -0.4 is 4.72 Å². The second-order valence-electron chi connectivity index (χ2n) is 3.52. The minimum atomic E-state index is -3.64. The molecule has 1 rings (SSSR count). The van der Waals surface area contributed by atoms with Gasteiger partial charge in [-0.2, -0.15) is 12.7 Å². The van der Waals surface area contributed by atoms with Gasteiger partial charge in [0.25, 0.3) is 0 Å². The van der Waals surface area contributed by atoms with E-state index in [1.54, 1.807) is 6.92 Å². The van der Waals surface area contributed by atoms with Gasteiger partial charge in [-0.15, -0.1) is 0 Å². The zero-order valence-corrected chi connectivity index (χ0v) is 12.2. The van der Waals surface area contributed by atoms with Crippen molar-refractivity contribution in [2.24, 2.45) is 0 Å². The van der Waals surface area contributed by atoms with Crippen molar-refractivity contribution < 1.29 is 18.3 Å². The average molecular weight is 337 g/mol. The zero-order chi connectivity index (χ0) is 13.9. The Labute approximate surface area is 114 Å². The summed E-state index contributed by atoms with van der Waals surface area (Å²) in [5.74, 6) is -1.13. The Morgan fingerprint density at radius 3 is 2.61 bits per heavy atom. The van der Waals surface area contributed by atoms with Gasteiger partial charge in [0, 0.05) is 18.1 Å². The number of nitrogens with zero attached hydrogens (tertiary/aromatic N) is 1. The Balaban J connectivity index is 3.07. The van der Waals surface area contributed by atoms with Gasteiger partial charge in [-0.1, -0.05) is 6.92 Å². The molecule has 2 N–H and O–H groups in total. The van der Waals surface area contributed by atoms with E-state index in [9.17, 15) is 13.2 Å². The SMILES string of the molecule is CCN(C)S(=O)(=O)Nc1ccc(Br)c(C(=O)O)c1. The van der Waals surface area contributed by atoms with Crippen molar-refractivity contribution in [3.63, 3.8) is 0 Å². The summed E-state index contributed by atoms with van der Waals surface area (Å²) < 4.78 is 27.3. The van der Waals surface area contributed by atoms with Gasteiger partial charge in [-0.3, -0.25) is 4.72 Å². The second kappa shape index (κ2) is 5.68. The van der Waals surface area contributed by atoms with Crippen LogP contribution in [0.15, 0.2) is 22.7 Å². The van der Waals surface area contributed by atoms with Gasteiger partial charge in [-0.25, -0.2) is 4.79 Å². The fourth-order valence-corrected chi connectivity index (χ4v) is 2.49. The molecule has 0 aliphatic rings. The van der Waals surface area contributed by atoms with E-state index < -0.39 is 16.2 Å². The summed E-state index contributed by atoms with van der Waals surface area (Å²) >= 11 is 3.08. The van der Waals surface area contributed by atoms with Gasteiger partial charge in [0.05, 0.1) is 11.3 Å². The van der Waals surface area contributed by atoms with E-state index in [0.717, 1.165) is 4.31 Å². The van der Waals surface area contributed by atoms with Gasteiger partial charge in [0.15, 0.2) is 0 Å². The number of aromatic carboxylic acids is 1. The smallest absolute Gasteiger partial charge is 0.336 e. The number of benzene rings is 1. The maximum atomic E-state index is 11.8. The zero-order valence-electron chi connectivity index (χ0n) is 9.84. The Morgan fingerprint density at radius 1 is 1.50 bits per heavy atom. The van der Waals surface area contributed by atoms with Gasteiger partial charge in [0.2, 0.25) is 0 Å². The van der Waals surface area contributed by atoms with E-state index in [-0.39, 0.29) is 11.3 Å². The van der Waals surface area contributed by atoms with Gasteiger partial charge < -0.3 is 5.11 Å². The summed E-state index contributed by atoms with van der Waals surface area (Å²) in [6.07, 6.45) is 0. The van der Waals surface area contributed by atoms with E-state index >= 15 is 0 Å². The highest BCUT2D eigenvalue weighted by Gasteiger charge is 2.17. The number of carboxylic acid groups (broad SMARTS) is 1. The Kier molecular flexibility index (Phi) is 4.71. The molecular formula is C10H13BrN2O4S. The third-order valence-corrected chi connectivity index (χ3v) is 4.56. The maximum absolute atomic E-state index is 11.8. The number of carbonyl (C=O) groups is 1. The van der Waals surface area contributed by atoms with Crippen LogP contribution in [0.3, 0.4) is 0 Å². The molecule has 0 aliphatic heterocycles. The summed E-state index contributed by atoms with van der Waals surface area (Å²) in [5.41, 5.74) is 0.199. The first-order valence-corrected chi connectivity index (χ1v) is 7.28. The summed E-state index contributed by atoms with van der Waals surface area (Å²) in [6.45, 7) is 2.02. The number of rotatable bonds is 5. The number of carboxylic acids is 1. The summed E-state index contributed by atoms with van der Waals surface area (Å²) in [6, 6.07) is 4.22. The first-order chi connectivity index (χ1) is 8.27. The van der Waals surface area contributed by atoms with Crippen LogP contribution in [-0.2, 0) is 10.2 Å². The Morgan fingerprint density at radius 2 is 2.11 bits per heavy atom. The maximum Gasteiger partial charge on any atom is 0.336 e. The summed E-state index contributed by atoms with van der Waals surface area (Å²) in [4.78, 5) is 10.9. The van der Waals surface area contributed by atoms with Crippen molar-refractivity contribution in [1.82, 2.24) is 4.31 Å². The van der Waals surface area contributed by atoms with Crippen molar-refractivity contribution in [1.29, 1.82) is 0 Å². The predicted octanol–water partition coefficient (Wildman–Crippen LogP) is 1.76. The third kappa shape index (κ3) is 3.44. The fraction of sp³-hybridized carbons (Fsp3) is 0.300. The van der Waals surface area contributed by atoms with Gasteiger partial charge >= 0.3 is 16.2 Å².